The van der Waals surface area contributed by atoms with E-state index in [0.717, 1.165) is 0 Å². The molecule has 2 rings (SSSR count). The predicted molar refractivity (Wildman–Crippen MR) is 61.3 cm³/mol. The van der Waals surface area contributed by atoms with Crippen LogP contribution in [0, 0.1) is 4.77 Å². The second-order valence-corrected chi connectivity index (χ2v) is 4.81. The van der Waals surface area contributed by atoms with Crippen molar-refractivity contribution in [3.05, 3.63) is 4.77 Å². The van der Waals surface area contributed by atoms with Gasteiger partial charge in [-0.15, -0.1) is 0 Å². The number of rotatable bonds is 1. The largest absolute Gasteiger partial charge is 0.369 e. The number of hydrogen-bond donors (Lipinski definition) is 2. The van der Waals surface area contributed by atoms with Crippen molar-refractivity contribution in [1.29, 1.82) is 0 Å². The number of nitrogens with one attached hydrogen (secondary N) is 1. The Morgan fingerprint density at radius 1 is 1.60 bits per heavy atom. The number of hydrogen-bond acceptors (Lipinski definition) is 5. The van der Waals surface area contributed by atoms with Crippen LogP contribution >= 0.6 is 28.1 Å². The molecule has 0 aromatic carbocycles. The number of nitrogens with two attached hydrogens (primary N) is 1. The van der Waals surface area contributed by atoms with E-state index >= 15 is 0 Å². The lowest BCUT2D eigenvalue weighted by atomic mass is 10.4. The van der Waals surface area contributed by atoms with E-state index in [1.807, 2.05) is 0 Å². The number of aromatic amines is 1. The summed E-state index contributed by atoms with van der Waals surface area (Å²) in [5.41, 5.74) is 5.48. The molecule has 1 saturated heterocycles. The Labute approximate surface area is 99.0 Å². The summed E-state index contributed by atoms with van der Waals surface area (Å²) in [4.78, 5) is 23.6. The van der Waals surface area contributed by atoms with Crippen LogP contribution < -0.4 is 10.6 Å². The van der Waals surface area contributed by atoms with Crippen molar-refractivity contribution in [2.45, 2.75) is 11.2 Å². The van der Waals surface area contributed by atoms with Crippen molar-refractivity contribution in [3.8, 4) is 0 Å². The Morgan fingerprint density at radius 2 is 2.33 bits per heavy atom. The fraction of sp³-hybridized carbons (Fsp3) is 0.429. The third-order valence-electron chi connectivity index (χ3n) is 1.99. The van der Waals surface area contributed by atoms with Gasteiger partial charge in [-0.25, -0.2) is 0 Å². The molecule has 3 N–H and O–H groups in total. The molecule has 1 atom stereocenters. The highest BCUT2D eigenvalue weighted by Gasteiger charge is 2.30. The van der Waals surface area contributed by atoms with E-state index in [2.05, 4.69) is 30.9 Å². The molecular weight excluding hydrogens is 282 g/mol. The summed E-state index contributed by atoms with van der Waals surface area (Å²) in [6, 6.07) is 0. The molecule has 0 saturated carbocycles. The molecule has 0 bridgehead atoms. The van der Waals surface area contributed by atoms with Crippen molar-refractivity contribution >= 4 is 46.0 Å². The average Bonchev–Trinajstić information content (AvgIpc) is 2.43. The first-order chi connectivity index (χ1) is 7.06. The summed E-state index contributed by atoms with van der Waals surface area (Å²) < 4.78 is 0.132. The molecule has 1 unspecified atom stereocenters. The highest BCUT2D eigenvalue weighted by Crippen LogP contribution is 2.22. The number of nitrogen functional groups attached to an aromatic ring is 1. The predicted octanol–water partition coefficient (Wildman–Crippen LogP) is 0.617. The van der Waals surface area contributed by atoms with Gasteiger partial charge >= 0.3 is 0 Å². The third kappa shape index (κ3) is 2.15. The molecular formula is C7H8BrN5OS. The van der Waals surface area contributed by atoms with Crippen LogP contribution in [-0.4, -0.2) is 32.2 Å². The van der Waals surface area contributed by atoms with Gasteiger partial charge in [0.25, 0.3) is 0 Å². The van der Waals surface area contributed by atoms with Gasteiger partial charge in [0.2, 0.25) is 22.6 Å². The number of H-pyrrole nitrogens is 1. The first-order valence-electron chi connectivity index (χ1n) is 4.24. The van der Waals surface area contributed by atoms with Gasteiger partial charge in [0.15, 0.2) is 0 Å². The first kappa shape index (κ1) is 10.5. The lowest BCUT2D eigenvalue weighted by molar-refractivity contribution is -0.117. The zero-order valence-corrected chi connectivity index (χ0v) is 10.0. The standard InChI is InChI=1S/C7H8BrN5OS/c8-3-1-4(14)13(2-3)6-10-5(9)11-7(15)12-6/h3H,1-2H2,(H3,9,10,11,12,15). The summed E-state index contributed by atoms with van der Waals surface area (Å²) in [6.07, 6.45) is 0.449. The summed E-state index contributed by atoms with van der Waals surface area (Å²) in [7, 11) is 0. The minimum Gasteiger partial charge on any atom is -0.369 e. The number of aromatic nitrogens is 3. The highest BCUT2D eigenvalue weighted by atomic mass is 79.9. The fourth-order valence-electron chi connectivity index (χ4n) is 1.39. The lowest BCUT2D eigenvalue weighted by Gasteiger charge is -2.13. The maximum absolute atomic E-state index is 11.5. The minimum atomic E-state index is -0.0133. The summed E-state index contributed by atoms with van der Waals surface area (Å²) in [5.74, 6) is 0.510. The van der Waals surface area contributed by atoms with E-state index in [1.165, 1.54) is 4.90 Å². The SMILES string of the molecule is Nc1nc(=S)nc(N2CC(Br)CC2=O)[nH]1. The smallest absolute Gasteiger partial charge is 0.230 e. The molecule has 1 aliphatic rings. The van der Waals surface area contributed by atoms with Crippen molar-refractivity contribution in [2.24, 2.45) is 0 Å². The van der Waals surface area contributed by atoms with Gasteiger partial charge in [-0.05, 0) is 12.2 Å². The quantitative estimate of drug-likeness (QED) is 0.584. The van der Waals surface area contributed by atoms with Crippen LogP contribution in [0.4, 0.5) is 11.9 Å². The monoisotopic (exact) mass is 289 g/mol. The van der Waals surface area contributed by atoms with E-state index in [1.54, 1.807) is 0 Å². The molecule has 0 radical (unpaired) electrons. The number of alkyl halides is 1. The Kier molecular flexibility index (Phi) is 2.70. The van der Waals surface area contributed by atoms with Gasteiger partial charge in [-0.2, -0.15) is 9.97 Å². The minimum absolute atomic E-state index is 0.0133. The summed E-state index contributed by atoms with van der Waals surface area (Å²) in [5, 5.41) is 0. The molecule has 1 aromatic rings. The van der Waals surface area contributed by atoms with Crippen molar-refractivity contribution in [1.82, 2.24) is 15.0 Å². The molecule has 0 spiro atoms. The topological polar surface area (TPSA) is 87.9 Å². The van der Waals surface area contributed by atoms with E-state index in [-0.39, 0.29) is 21.5 Å². The number of amides is 1. The third-order valence-corrected chi connectivity index (χ3v) is 2.79. The molecule has 1 aromatic heterocycles. The van der Waals surface area contributed by atoms with E-state index in [9.17, 15) is 4.79 Å². The highest BCUT2D eigenvalue weighted by molar-refractivity contribution is 9.09. The Morgan fingerprint density at radius 3 is 2.87 bits per heavy atom. The number of carbonyl (C=O) groups is 1. The maximum Gasteiger partial charge on any atom is 0.230 e. The van der Waals surface area contributed by atoms with Crippen LogP contribution in [0.25, 0.3) is 0 Å². The van der Waals surface area contributed by atoms with Gasteiger partial charge in [-0.1, -0.05) is 15.9 Å². The fourth-order valence-corrected chi connectivity index (χ4v) is 2.14. The van der Waals surface area contributed by atoms with Gasteiger partial charge < -0.3 is 5.73 Å². The number of anilines is 2. The average molecular weight is 290 g/mol. The molecule has 1 fully saturated rings. The first-order valence-corrected chi connectivity index (χ1v) is 5.57. The number of carbonyl (C=O) groups excluding carboxylic acids is 1. The van der Waals surface area contributed by atoms with Crippen LogP contribution in [0.15, 0.2) is 0 Å². The molecule has 80 valence electrons. The van der Waals surface area contributed by atoms with Crippen molar-refractivity contribution < 1.29 is 4.79 Å². The van der Waals surface area contributed by atoms with Crippen LogP contribution in [0.5, 0.6) is 0 Å². The van der Waals surface area contributed by atoms with Crippen LogP contribution in [0.2, 0.25) is 0 Å². The van der Waals surface area contributed by atoms with Crippen molar-refractivity contribution in [3.63, 3.8) is 0 Å². The van der Waals surface area contributed by atoms with Crippen LogP contribution in [0.1, 0.15) is 6.42 Å². The number of nitrogens with zero attached hydrogens (tertiary/aromatic N) is 3. The van der Waals surface area contributed by atoms with Gasteiger partial charge in [0, 0.05) is 17.8 Å². The maximum atomic E-state index is 11.5. The van der Waals surface area contributed by atoms with E-state index in [0.29, 0.717) is 18.9 Å². The zero-order valence-electron chi connectivity index (χ0n) is 7.61. The van der Waals surface area contributed by atoms with Gasteiger partial charge in [0.1, 0.15) is 0 Å². The number of halogens is 1. The zero-order chi connectivity index (χ0) is 11.0. The second kappa shape index (κ2) is 3.86. The molecule has 8 heteroatoms. The molecule has 15 heavy (non-hydrogen) atoms. The second-order valence-electron chi connectivity index (χ2n) is 3.15. The molecule has 0 aliphatic carbocycles. The normalized spacial score (nSPS) is 21.0. The lowest BCUT2D eigenvalue weighted by Crippen LogP contribution is -2.27. The Hall–Kier alpha value is -1.02. The van der Waals surface area contributed by atoms with Gasteiger partial charge in [-0.3, -0.25) is 14.7 Å². The van der Waals surface area contributed by atoms with Crippen molar-refractivity contribution in [2.75, 3.05) is 17.2 Å². The summed E-state index contributed by atoms with van der Waals surface area (Å²) in [6.45, 7) is 0.556. The molecule has 2 heterocycles. The van der Waals surface area contributed by atoms with E-state index in [4.69, 9.17) is 18.0 Å². The van der Waals surface area contributed by atoms with Crippen LogP contribution in [0.3, 0.4) is 0 Å². The van der Waals surface area contributed by atoms with Gasteiger partial charge in [0.05, 0.1) is 0 Å². The Balaban J connectivity index is 2.37. The summed E-state index contributed by atoms with van der Waals surface area (Å²) >= 11 is 8.20. The molecule has 6 nitrogen and oxygen atoms in total. The molecule has 1 aliphatic heterocycles. The van der Waals surface area contributed by atoms with Crippen LogP contribution in [-0.2, 0) is 4.79 Å². The Bertz CT molecular complexity index is 461. The molecule has 1 amide bonds. The van der Waals surface area contributed by atoms with E-state index < -0.39 is 0 Å².